The molecule has 1 aromatic carbocycles. The van der Waals surface area contributed by atoms with E-state index < -0.39 is 0 Å². The maximum Gasteiger partial charge on any atom is 0.0345 e. The number of benzene rings is 1. The van der Waals surface area contributed by atoms with E-state index in [-0.39, 0.29) is 0 Å². The molecule has 1 heteroatoms. The van der Waals surface area contributed by atoms with Gasteiger partial charge in [-0.05, 0) is 40.3 Å². The van der Waals surface area contributed by atoms with Crippen molar-refractivity contribution in [1.29, 1.82) is 0 Å². The first kappa shape index (κ1) is 9.72. The summed E-state index contributed by atoms with van der Waals surface area (Å²) >= 11 is 1.83. The standard InChI is InChI=1S/C13H16S/c1-4-13(2,3)11-6-5-10-7-8-14-12(10)9-11/h5-9H,4H2,1-3H3. The highest BCUT2D eigenvalue weighted by molar-refractivity contribution is 7.17. The zero-order chi connectivity index (χ0) is 10.2. The molecular formula is C13H16S. The lowest BCUT2D eigenvalue weighted by Crippen LogP contribution is -2.14. The molecule has 0 saturated carbocycles. The highest BCUT2D eigenvalue weighted by atomic mass is 32.1. The van der Waals surface area contributed by atoms with Gasteiger partial charge >= 0.3 is 0 Å². The van der Waals surface area contributed by atoms with E-state index in [4.69, 9.17) is 0 Å². The van der Waals surface area contributed by atoms with Gasteiger partial charge in [-0.2, -0.15) is 0 Å². The van der Waals surface area contributed by atoms with E-state index in [9.17, 15) is 0 Å². The fourth-order valence-electron chi connectivity index (χ4n) is 1.58. The number of thiophene rings is 1. The number of hydrogen-bond acceptors (Lipinski definition) is 1. The van der Waals surface area contributed by atoms with E-state index in [0.29, 0.717) is 5.41 Å². The van der Waals surface area contributed by atoms with Crippen LogP contribution in [-0.2, 0) is 5.41 Å². The predicted molar refractivity (Wildman–Crippen MR) is 65.1 cm³/mol. The molecule has 0 nitrogen and oxygen atoms in total. The van der Waals surface area contributed by atoms with E-state index in [1.165, 1.54) is 22.1 Å². The molecular weight excluding hydrogens is 188 g/mol. The Hall–Kier alpha value is -0.820. The summed E-state index contributed by atoms with van der Waals surface area (Å²) in [6.45, 7) is 6.86. The average Bonchev–Trinajstić information content (AvgIpc) is 2.64. The number of fused-ring (bicyclic) bond motifs is 1. The maximum atomic E-state index is 2.34. The van der Waals surface area contributed by atoms with Crippen molar-refractivity contribution >= 4 is 21.4 Å². The van der Waals surface area contributed by atoms with Crippen LogP contribution in [0.15, 0.2) is 29.6 Å². The molecule has 0 N–H and O–H groups in total. The third-order valence-electron chi connectivity index (χ3n) is 3.12. The molecule has 14 heavy (non-hydrogen) atoms. The Morgan fingerprint density at radius 3 is 2.71 bits per heavy atom. The minimum atomic E-state index is 0.304. The average molecular weight is 204 g/mol. The summed E-state index contributed by atoms with van der Waals surface area (Å²) in [7, 11) is 0. The van der Waals surface area contributed by atoms with Gasteiger partial charge in [-0.15, -0.1) is 11.3 Å². The van der Waals surface area contributed by atoms with E-state index in [2.05, 4.69) is 50.4 Å². The van der Waals surface area contributed by atoms with Gasteiger partial charge in [-0.1, -0.05) is 32.9 Å². The largest absolute Gasteiger partial charge is 0.144 e. The van der Waals surface area contributed by atoms with Gasteiger partial charge in [0.2, 0.25) is 0 Å². The summed E-state index contributed by atoms with van der Waals surface area (Å²) in [6, 6.07) is 9.02. The van der Waals surface area contributed by atoms with E-state index in [1.807, 2.05) is 11.3 Å². The van der Waals surface area contributed by atoms with Crippen molar-refractivity contribution in [3.8, 4) is 0 Å². The fourth-order valence-corrected chi connectivity index (χ4v) is 2.41. The zero-order valence-corrected chi connectivity index (χ0v) is 9.82. The Morgan fingerprint density at radius 1 is 1.21 bits per heavy atom. The lowest BCUT2D eigenvalue weighted by Gasteiger charge is -2.23. The molecule has 0 spiro atoms. The van der Waals surface area contributed by atoms with Gasteiger partial charge in [-0.25, -0.2) is 0 Å². The van der Waals surface area contributed by atoms with Crippen LogP contribution >= 0.6 is 11.3 Å². The van der Waals surface area contributed by atoms with Gasteiger partial charge in [0.05, 0.1) is 0 Å². The van der Waals surface area contributed by atoms with Crippen LogP contribution in [0.3, 0.4) is 0 Å². The second kappa shape index (κ2) is 3.39. The lowest BCUT2D eigenvalue weighted by molar-refractivity contribution is 0.507. The van der Waals surface area contributed by atoms with Crippen molar-refractivity contribution in [2.24, 2.45) is 0 Å². The molecule has 0 radical (unpaired) electrons. The van der Waals surface area contributed by atoms with Crippen molar-refractivity contribution in [3.63, 3.8) is 0 Å². The van der Waals surface area contributed by atoms with Crippen molar-refractivity contribution in [2.75, 3.05) is 0 Å². The van der Waals surface area contributed by atoms with Crippen molar-refractivity contribution in [1.82, 2.24) is 0 Å². The van der Waals surface area contributed by atoms with Gasteiger partial charge in [0.25, 0.3) is 0 Å². The third kappa shape index (κ3) is 1.57. The number of rotatable bonds is 2. The molecule has 2 aromatic rings. The van der Waals surface area contributed by atoms with Gasteiger partial charge in [-0.3, -0.25) is 0 Å². The predicted octanol–water partition coefficient (Wildman–Crippen LogP) is 4.59. The van der Waals surface area contributed by atoms with Crippen LogP contribution < -0.4 is 0 Å². The van der Waals surface area contributed by atoms with Crippen LogP contribution in [0.5, 0.6) is 0 Å². The summed E-state index contributed by atoms with van der Waals surface area (Å²) < 4.78 is 1.41. The fraction of sp³-hybridized carbons (Fsp3) is 0.385. The minimum absolute atomic E-state index is 0.304. The van der Waals surface area contributed by atoms with Crippen LogP contribution in [-0.4, -0.2) is 0 Å². The Kier molecular flexibility index (Phi) is 2.36. The van der Waals surface area contributed by atoms with Crippen molar-refractivity contribution in [3.05, 3.63) is 35.2 Å². The molecule has 74 valence electrons. The monoisotopic (exact) mass is 204 g/mol. The van der Waals surface area contributed by atoms with Crippen LogP contribution in [0, 0.1) is 0 Å². The molecule has 1 heterocycles. The zero-order valence-electron chi connectivity index (χ0n) is 9.00. The number of hydrogen-bond donors (Lipinski definition) is 0. The van der Waals surface area contributed by atoms with Gasteiger partial charge in [0.1, 0.15) is 0 Å². The first-order valence-corrected chi connectivity index (χ1v) is 5.99. The lowest BCUT2D eigenvalue weighted by atomic mass is 9.82. The molecule has 0 aliphatic carbocycles. The molecule has 1 aromatic heterocycles. The van der Waals surface area contributed by atoms with Crippen LogP contribution in [0.4, 0.5) is 0 Å². The molecule has 0 fully saturated rings. The summed E-state index contributed by atoms with van der Waals surface area (Å²) in [4.78, 5) is 0. The minimum Gasteiger partial charge on any atom is -0.144 e. The van der Waals surface area contributed by atoms with Crippen LogP contribution in [0.2, 0.25) is 0 Å². The smallest absolute Gasteiger partial charge is 0.0345 e. The van der Waals surface area contributed by atoms with Crippen LogP contribution in [0.25, 0.3) is 10.1 Å². The molecule has 2 rings (SSSR count). The summed E-state index contributed by atoms with van der Waals surface area (Å²) in [6.07, 6.45) is 1.18. The van der Waals surface area contributed by atoms with Crippen LogP contribution in [0.1, 0.15) is 32.8 Å². The second-order valence-corrected chi connectivity index (χ2v) is 5.36. The molecule has 0 amide bonds. The summed E-state index contributed by atoms with van der Waals surface area (Å²) in [5, 5.41) is 3.53. The van der Waals surface area contributed by atoms with Crippen molar-refractivity contribution in [2.45, 2.75) is 32.6 Å². The maximum absolute atomic E-state index is 2.34. The first-order chi connectivity index (χ1) is 6.63. The highest BCUT2D eigenvalue weighted by Gasteiger charge is 2.17. The topological polar surface area (TPSA) is 0 Å². The summed E-state index contributed by atoms with van der Waals surface area (Å²) in [5.74, 6) is 0. The molecule has 0 unspecified atom stereocenters. The van der Waals surface area contributed by atoms with Gasteiger partial charge in [0.15, 0.2) is 0 Å². The summed E-state index contributed by atoms with van der Waals surface area (Å²) in [5.41, 5.74) is 1.76. The SMILES string of the molecule is CCC(C)(C)c1ccc2ccsc2c1. The molecule has 0 saturated heterocycles. The molecule has 0 aliphatic heterocycles. The van der Waals surface area contributed by atoms with E-state index in [0.717, 1.165) is 0 Å². The van der Waals surface area contributed by atoms with Gasteiger partial charge < -0.3 is 0 Å². The molecule has 0 aliphatic rings. The van der Waals surface area contributed by atoms with E-state index in [1.54, 1.807) is 0 Å². The molecule has 0 bridgehead atoms. The van der Waals surface area contributed by atoms with E-state index >= 15 is 0 Å². The second-order valence-electron chi connectivity index (χ2n) is 4.41. The highest BCUT2D eigenvalue weighted by Crippen LogP contribution is 2.31. The Balaban J connectivity index is 2.53. The Morgan fingerprint density at radius 2 is 2.00 bits per heavy atom. The molecule has 0 atom stereocenters. The normalized spacial score (nSPS) is 12.2. The first-order valence-electron chi connectivity index (χ1n) is 5.11. The van der Waals surface area contributed by atoms with Gasteiger partial charge in [0, 0.05) is 4.70 Å². The Bertz CT molecular complexity index is 437. The quantitative estimate of drug-likeness (QED) is 0.671. The Labute approximate surface area is 89.6 Å². The van der Waals surface area contributed by atoms with Crippen molar-refractivity contribution < 1.29 is 0 Å². The third-order valence-corrected chi connectivity index (χ3v) is 4.00.